The Bertz CT molecular complexity index is 812. The van der Waals surface area contributed by atoms with Crippen LogP contribution in [0.5, 0.6) is 0 Å². The van der Waals surface area contributed by atoms with Crippen LogP contribution in [0.25, 0.3) is 5.52 Å². The molecule has 4 saturated carbocycles. The first-order chi connectivity index (χ1) is 11.5. The van der Waals surface area contributed by atoms with Crippen LogP contribution in [-0.4, -0.2) is 27.1 Å². The molecule has 2 atom stereocenters. The Morgan fingerprint density at radius 2 is 2.04 bits per heavy atom. The van der Waals surface area contributed by atoms with Crippen LogP contribution in [0.15, 0.2) is 24.5 Å². The summed E-state index contributed by atoms with van der Waals surface area (Å²) in [6, 6.07) is 4.28. The van der Waals surface area contributed by atoms with Gasteiger partial charge in [0.25, 0.3) is 5.91 Å². The van der Waals surface area contributed by atoms with E-state index < -0.39 is 5.91 Å². The summed E-state index contributed by atoms with van der Waals surface area (Å²) in [6.07, 6.45) is 9.33. The van der Waals surface area contributed by atoms with Crippen LogP contribution >= 0.6 is 0 Å². The summed E-state index contributed by atoms with van der Waals surface area (Å²) in [5.41, 5.74) is 14.5. The molecule has 2 aromatic rings. The lowest BCUT2D eigenvalue weighted by Gasteiger charge is -2.59. The molecule has 0 saturated heterocycles. The lowest BCUT2D eigenvalue weighted by molar-refractivity contribution is -0.0107. The quantitative estimate of drug-likeness (QED) is 0.800. The summed E-state index contributed by atoms with van der Waals surface area (Å²) in [5, 5.41) is 7.98. The number of amides is 1. The van der Waals surface area contributed by atoms with Crippen molar-refractivity contribution in [2.45, 2.75) is 43.7 Å². The highest BCUT2D eigenvalue weighted by molar-refractivity contribution is 6.01. The number of fused-ring (bicyclic) bond motifs is 1. The molecular weight excluding hydrogens is 302 g/mol. The van der Waals surface area contributed by atoms with Crippen molar-refractivity contribution < 1.29 is 4.79 Å². The molecule has 126 valence electrons. The Morgan fingerprint density at radius 3 is 2.71 bits per heavy atom. The van der Waals surface area contributed by atoms with Crippen molar-refractivity contribution in [3.05, 3.63) is 30.1 Å². The fraction of sp³-hybridized carbons (Fsp3) is 0.556. The van der Waals surface area contributed by atoms with Gasteiger partial charge in [-0.05, 0) is 62.0 Å². The Balaban J connectivity index is 1.54. The monoisotopic (exact) mass is 325 g/mol. The van der Waals surface area contributed by atoms with E-state index in [0.717, 1.165) is 30.0 Å². The third-order valence-corrected chi connectivity index (χ3v) is 6.46. The van der Waals surface area contributed by atoms with Crippen molar-refractivity contribution in [2.24, 2.45) is 29.2 Å². The van der Waals surface area contributed by atoms with Crippen molar-refractivity contribution in [3.63, 3.8) is 0 Å². The van der Waals surface area contributed by atoms with E-state index in [1.54, 1.807) is 10.7 Å². The molecule has 2 unspecified atom stereocenters. The van der Waals surface area contributed by atoms with Gasteiger partial charge in [0, 0.05) is 17.8 Å². The number of hydrogen-bond donors (Lipinski definition) is 3. The van der Waals surface area contributed by atoms with Crippen molar-refractivity contribution in [1.29, 1.82) is 0 Å². The van der Waals surface area contributed by atoms with Gasteiger partial charge in [-0.15, -0.1) is 0 Å². The van der Waals surface area contributed by atoms with Crippen molar-refractivity contribution in [1.82, 2.24) is 9.61 Å². The zero-order valence-corrected chi connectivity index (χ0v) is 13.6. The van der Waals surface area contributed by atoms with Crippen LogP contribution in [0.4, 0.5) is 5.69 Å². The normalized spacial score (nSPS) is 37.0. The number of rotatable bonds is 3. The molecule has 24 heavy (non-hydrogen) atoms. The SMILES string of the molecule is NC(=O)c1cnn2cccc2c1NC1C2CC3CC1CC(N)(C3)C2. The van der Waals surface area contributed by atoms with E-state index >= 15 is 0 Å². The highest BCUT2D eigenvalue weighted by Crippen LogP contribution is 2.55. The molecule has 0 spiro atoms. The summed E-state index contributed by atoms with van der Waals surface area (Å²) in [4.78, 5) is 11.9. The van der Waals surface area contributed by atoms with Crippen LogP contribution in [0.3, 0.4) is 0 Å². The summed E-state index contributed by atoms with van der Waals surface area (Å²) >= 11 is 0. The second-order valence-corrected chi connectivity index (χ2v) is 8.14. The molecule has 0 aliphatic heterocycles. The van der Waals surface area contributed by atoms with Crippen LogP contribution in [0, 0.1) is 17.8 Å². The lowest BCUT2D eigenvalue weighted by atomic mass is 9.51. The van der Waals surface area contributed by atoms with E-state index in [1.807, 2.05) is 18.3 Å². The van der Waals surface area contributed by atoms with Gasteiger partial charge < -0.3 is 16.8 Å². The topological polar surface area (TPSA) is 98.4 Å². The number of nitrogens with zero attached hydrogens (tertiary/aromatic N) is 2. The molecule has 6 heteroatoms. The van der Waals surface area contributed by atoms with Gasteiger partial charge in [-0.25, -0.2) is 4.52 Å². The summed E-state index contributed by atoms with van der Waals surface area (Å²) < 4.78 is 1.79. The van der Waals surface area contributed by atoms with E-state index in [1.165, 1.54) is 19.3 Å². The van der Waals surface area contributed by atoms with Crippen molar-refractivity contribution in [3.8, 4) is 0 Å². The van der Waals surface area contributed by atoms with Crippen molar-refractivity contribution in [2.75, 3.05) is 5.32 Å². The van der Waals surface area contributed by atoms with E-state index in [2.05, 4.69) is 10.4 Å². The number of nitrogens with one attached hydrogen (secondary N) is 1. The number of anilines is 1. The number of nitrogens with two attached hydrogens (primary N) is 2. The van der Waals surface area contributed by atoms with E-state index in [4.69, 9.17) is 11.5 Å². The fourth-order valence-corrected chi connectivity index (χ4v) is 5.82. The van der Waals surface area contributed by atoms with E-state index in [-0.39, 0.29) is 5.54 Å². The molecule has 1 amide bonds. The van der Waals surface area contributed by atoms with Crippen LogP contribution in [-0.2, 0) is 0 Å². The number of primary amides is 1. The number of carbonyl (C=O) groups excluding carboxylic acids is 1. The predicted molar refractivity (Wildman–Crippen MR) is 91.6 cm³/mol. The molecule has 2 heterocycles. The number of aromatic nitrogens is 2. The Hall–Kier alpha value is -2.08. The summed E-state index contributed by atoms with van der Waals surface area (Å²) in [5.74, 6) is 1.52. The fourth-order valence-electron chi connectivity index (χ4n) is 5.82. The third kappa shape index (κ3) is 1.99. The summed E-state index contributed by atoms with van der Waals surface area (Å²) in [7, 11) is 0. The number of hydrogen-bond acceptors (Lipinski definition) is 4. The minimum Gasteiger partial charge on any atom is -0.379 e. The lowest BCUT2D eigenvalue weighted by Crippen LogP contribution is -2.62. The van der Waals surface area contributed by atoms with Gasteiger partial charge in [-0.1, -0.05) is 0 Å². The Kier molecular flexibility index (Phi) is 2.81. The average Bonchev–Trinajstić information content (AvgIpc) is 2.97. The average molecular weight is 325 g/mol. The zero-order chi connectivity index (χ0) is 16.5. The first kappa shape index (κ1) is 14.3. The molecule has 6 nitrogen and oxygen atoms in total. The molecule has 4 fully saturated rings. The Morgan fingerprint density at radius 1 is 1.29 bits per heavy atom. The maximum atomic E-state index is 11.9. The molecule has 2 aromatic heterocycles. The molecule has 5 N–H and O–H groups in total. The first-order valence-electron chi connectivity index (χ1n) is 8.84. The predicted octanol–water partition coefficient (Wildman–Crippen LogP) is 1.75. The Labute approximate surface area is 140 Å². The molecule has 4 aliphatic rings. The maximum Gasteiger partial charge on any atom is 0.252 e. The van der Waals surface area contributed by atoms with Gasteiger partial charge in [0.15, 0.2) is 0 Å². The summed E-state index contributed by atoms with van der Waals surface area (Å²) in [6.45, 7) is 0. The van der Waals surface area contributed by atoms with Crippen LogP contribution in [0.2, 0.25) is 0 Å². The largest absolute Gasteiger partial charge is 0.379 e. The highest BCUT2D eigenvalue weighted by atomic mass is 16.1. The standard InChI is InChI=1S/C18H23N5O/c19-17(24)13-9-21-23-3-1-2-14(23)16(13)22-15-11-4-10-5-12(15)8-18(20,6-10)7-11/h1-3,9-12,15,22H,4-8,20H2,(H2,19,24). The van der Waals surface area contributed by atoms with Crippen molar-refractivity contribution >= 4 is 17.1 Å². The molecule has 4 aliphatic carbocycles. The molecule has 0 radical (unpaired) electrons. The molecule has 4 bridgehead atoms. The van der Waals surface area contributed by atoms with Gasteiger partial charge >= 0.3 is 0 Å². The van der Waals surface area contributed by atoms with Gasteiger partial charge in [-0.3, -0.25) is 4.79 Å². The van der Waals surface area contributed by atoms with Crippen LogP contribution < -0.4 is 16.8 Å². The van der Waals surface area contributed by atoms with Crippen LogP contribution in [0.1, 0.15) is 42.5 Å². The minimum absolute atomic E-state index is 0.0455. The second-order valence-electron chi connectivity index (χ2n) is 8.14. The highest BCUT2D eigenvalue weighted by Gasteiger charge is 2.53. The van der Waals surface area contributed by atoms with Gasteiger partial charge in [0.1, 0.15) is 0 Å². The third-order valence-electron chi connectivity index (χ3n) is 6.46. The van der Waals surface area contributed by atoms with Gasteiger partial charge in [0.2, 0.25) is 0 Å². The number of carbonyl (C=O) groups is 1. The molecule has 0 aromatic carbocycles. The second kappa shape index (κ2) is 4.72. The van der Waals surface area contributed by atoms with Gasteiger partial charge in [-0.2, -0.15) is 5.10 Å². The van der Waals surface area contributed by atoms with E-state index in [0.29, 0.717) is 23.4 Å². The molecular formula is C18H23N5O. The maximum absolute atomic E-state index is 11.9. The first-order valence-corrected chi connectivity index (χ1v) is 8.84. The molecule has 6 rings (SSSR count). The zero-order valence-electron chi connectivity index (χ0n) is 13.6. The minimum atomic E-state index is -0.437. The smallest absolute Gasteiger partial charge is 0.252 e. The van der Waals surface area contributed by atoms with Gasteiger partial charge in [0.05, 0.1) is 23.0 Å². The van der Waals surface area contributed by atoms with E-state index in [9.17, 15) is 4.79 Å².